The number of nitrogens with zero attached hydrogens (tertiary/aromatic N) is 2. The number of aromatic carboxylic acids is 1. The Bertz CT molecular complexity index is 1080. The minimum atomic E-state index is -1.03. The SMILES string of the molecule is O=C(O)c1ccc(Cn2cnc(OCc3ccc(F)cc3F)c(Br)c2=O)cc1. The van der Waals surface area contributed by atoms with Crippen molar-refractivity contribution in [2.45, 2.75) is 13.2 Å². The van der Waals surface area contributed by atoms with Crippen LogP contribution in [0.4, 0.5) is 8.78 Å². The van der Waals surface area contributed by atoms with E-state index in [-0.39, 0.29) is 34.6 Å². The van der Waals surface area contributed by atoms with E-state index in [0.29, 0.717) is 5.56 Å². The number of ether oxygens (including phenoxy) is 1. The van der Waals surface area contributed by atoms with Crippen LogP contribution in [0, 0.1) is 11.6 Å². The fourth-order valence-electron chi connectivity index (χ4n) is 2.40. The van der Waals surface area contributed by atoms with Crippen molar-refractivity contribution in [3.8, 4) is 5.88 Å². The van der Waals surface area contributed by atoms with Gasteiger partial charge in [-0.1, -0.05) is 12.1 Å². The predicted molar refractivity (Wildman–Crippen MR) is 99.4 cm³/mol. The first-order valence-corrected chi connectivity index (χ1v) is 8.78. The van der Waals surface area contributed by atoms with Gasteiger partial charge in [0.15, 0.2) is 0 Å². The highest BCUT2D eigenvalue weighted by atomic mass is 79.9. The summed E-state index contributed by atoms with van der Waals surface area (Å²) in [5.74, 6) is -2.51. The maximum absolute atomic E-state index is 13.7. The smallest absolute Gasteiger partial charge is 0.335 e. The number of aromatic nitrogens is 2. The highest BCUT2D eigenvalue weighted by molar-refractivity contribution is 9.10. The number of rotatable bonds is 6. The summed E-state index contributed by atoms with van der Waals surface area (Å²) in [5.41, 5.74) is 0.555. The Morgan fingerprint density at radius 3 is 2.54 bits per heavy atom. The minimum Gasteiger partial charge on any atom is -0.478 e. The Hall–Kier alpha value is -3.07. The standard InChI is InChI=1S/C19H13BrF2N2O4/c20-16-17(28-9-13-5-6-14(21)7-15(13)22)23-10-24(18(16)25)8-11-1-3-12(4-2-11)19(26)27/h1-7,10H,8-9H2,(H,26,27). The number of hydrogen-bond donors (Lipinski definition) is 1. The van der Waals surface area contributed by atoms with Crippen molar-refractivity contribution in [3.63, 3.8) is 0 Å². The molecule has 0 saturated heterocycles. The van der Waals surface area contributed by atoms with Crippen molar-refractivity contribution in [1.82, 2.24) is 9.55 Å². The summed E-state index contributed by atoms with van der Waals surface area (Å²) in [6, 6.07) is 9.20. The van der Waals surface area contributed by atoms with Crippen molar-refractivity contribution >= 4 is 21.9 Å². The maximum Gasteiger partial charge on any atom is 0.335 e. The van der Waals surface area contributed by atoms with E-state index in [1.807, 2.05) is 0 Å². The van der Waals surface area contributed by atoms with E-state index in [1.165, 1.54) is 29.1 Å². The van der Waals surface area contributed by atoms with Gasteiger partial charge in [-0.2, -0.15) is 0 Å². The van der Waals surface area contributed by atoms with Gasteiger partial charge >= 0.3 is 5.97 Å². The van der Waals surface area contributed by atoms with Crippen molar-refractivity contribution in [1.29, 1.82) is 0 Å². The molecule has 0 saturated carbocycles. The van der Waals surface area contributed by atoms with E-state index in [4.69, 9.17) is 9.84 Å². The average molecular weight is 451 g/mol. The third-order valence-corrected chi connectivity index (χ3v) is 4.56. The van der Waals surface area contributed by atoms with E-state index >= 15 is 0 Å². The van der Waals surface area contributed by atoms with Crippen LogP contribution in [0.5, 0.6) is 5.88 Å². The van der Waals surface area contributed by atoms with Gasteiger partial charge in [-0.3, -0.25) is 9.36 Å². The van der Waals surface area contributed by atoms with Crippen LogP contribution in [0.1, 0.15) is 21.5 Å². The van der Waals surface area contributed by atoms with Crippen LogP contribution in [0.3, 0.4) is 0 Å². The summed E-state index contributed by atoms with van der Waals surface area (Å²) < 4.78 is 33.3. The van der Waals surface area contributed by atoms with Gasteiger partial charge in [0, 0.05) is 11.6 Å². The third-order valence-electron chi connectivity index (χ3n) is 3.88. The average Bonchev–Trinajstić information content (AvgIpc) is 2.66. The Balaban J connectivity index is 1.75. The van der Waals surface area contributed by atoms with Crippen LogP contribution in [0.25, 0.3) is 0 Å². The minimum absolute atomic E-state index is 0.0220. The number of benzene rings is 2. The lowest BCUT2D eigenvalue weighted by atomic mass is 10.1. The molecule has 144 valence electrons. The second kappa shape index (κ2) is 8.30. The van der Waals surface area contributed by atoms with Gasteiger partial charge in [0.1, 0.15) is 29.0 Å². The van der Waals surface area contributed by atoms with E-state index in [0.717, 1.165) is 12.1 Å². The summed E-state index contributed by atoms with van der Waals surface area (Å²) in [7, 11) is 0. The van der Waals surface area contributed by atoms with Crippen LogP contribution in [0.2, 0.25) is 0 Å². The van der Waals surface area contributed by atoms with Crippen LogP contribution < -0.4 is 10.3 Å². The number of hydrogen-bond acceptors (Lipinski definition) is 4. The van der Waals surface area contributed by atoms with Crippen LogP contribution in [-0.4, -0.2) is 20.6 Å². The molecule has 0 bridgehead atoms. The van der Waals surface area contributed by atoms with Crippen molar-refractivity contribution < 1.29 is 23.4 Å². The summed E-state index contributed by atoms with van der Waals surface area (Å²) in [6.07, 6.45) is 1.27. The molecule has 0 spiro atoms. The molecule has 0 aliphatic heterocycles. The number of carboxylic acids is 1. The molecule has 0 atom stereocenters. The number of halogens is 3. The van der Waals surface area contributed by atoms with Gasteiger partial charge in [-0.15, -0.1) is 0 Å². The quantitative estimate of drug-likeness (QED) is 0.620. The molecule has 0 aliphatic rings. The molecule has 0 amide bonds. The zero-order chi connectivity index (χ0) is 20.3. The van der Waals surface area contributed by atoms with E-state index in [9.17, 15) is 18.4 Å². The molecule has 2 aromatic carbocycles. The first-order valence-electron chi connectivity index (χ1n) is 7.99. The van der Waals surface area contributed by atoms with Gasteiger partial charge in [0.2, 0.25) is 5.88 Å². The Morgan fingerprint density at radius 2 is 1.89 bits per heavy atom. The van der Waals surface area contributed by atoms with Crippen molar-refractivity contribution in [3.05, 3.63) is 91.9 Å². The van der Waals surface area contributed by atoms with Crippen molar-refractivity contribution in [2.24, 2.45) is 0 Å². The zero-order valence-corrected chi connectivity index (χ0v) is 15.8. The second-order valence-corrected chi connectivity index (χ2v) is 6.62. The van der Waals surface area contributed by atoms with Crippen LogP contribution in [0.15, 0.2) is 58.1 Å². The van der Waals surface area contributed by atoms with E-state index < -0.39 is 23.2 Å². The molecule has 0 unspecified atom stereocenters. The summed E-state index contributed by atoms with van der Waals surface area (Å²) in [6.45, 7) is -0.0466. The predicted octanol–water partition coefficient (Wildman–Crippen LogP) is 3.61. The first-order chi connectivity index (χ1) is 13.3. The topological polar surface area (TPSA) is 81.4 Å². The monoisotopic (exact) mass is 450 g/mol. The Morgan fingerprint density at radius 1 is 1.18 bits per heavy atom. The van der Waals surface area contributed by atoms with Crippen LogP contribution >= 0.6 is 15.9 Å². The fourth-order valence-corrected chi connectivity index (χ4v) is 2.84. The van der Waals surface area contributed by atoms with E-state index in [1.54, 1.807) is 12.1 Å². The first kappa shape index (κ1) is 19.7. The second-order valence-electron chi connectivity index (χ2n) is 5.82. The fraction of sp³-hybridized carbons (Fsp3) is 0.105. The molecule has 1 heterocycles. The molecule has 28 heavy (non-hydrogen) atoms. The molecule has 3 rings (SSSR count). The lowest BCUT2D eigenvalue weighted by molar-refractivity contribution is 0.0697. The van der Waals surface area contributed by atoms with Gasteiger partial charge in [0.05, 0.1) is 12.1 Å². The molecule has 9 heteroatoms. The van der Waals surface area contributed by atoms with Gasteiger partial charge in [0.25, 0.3) is 5.56 Å². The highest BCUT2D eigenvalue weighted by Gasteiger charge is 2.13. The molecule has 3 aromatic rings. The van der Waals surface area contributed by atoms with Gasteiger partial charge in [-0.25, -0.2) is 18.6 Å². The molecule has 0 aliphatic carbocycles. The van der Waals surface area contributed by atoms with E-state index in [2.05, 4.69) is 20.9 Å². The normalized spacial score (nSPS) is 10.7. The molecular weight excluding hydrogens is 438 g/mol. The maximum atomic E-state index is 13.7. The highest BCUT2D eigenvalue weighted by Crippen LogP contribution is 2.20. The van der Waals surface area contributed by atoms with Gasteiger partial charge < -0.3 is 9.84 Å². The molecule has 1 N–H and O–H groups in total. The molecule has 6 nitrogen and oxygen atoms in total. The summed E-state index contributed by atoms with van der Waals surface area (Å²) in [5, 5.41) is 8.91. The van der Waals surface area contributed by atoms with Crippen LogP contribution in [-0.2, 0) is 13.2 Å². The third kappa shape index (κ3) is 4.42. The number of carboxylic acid groups (broad SMARTS) is 1. The molecule has 0 fully saturated rings. The summed E-state index contributed by atoms with van der Waals surface area (Å²) in [4.78, 5) is 27.4. The number of carbonyl (C=O) groups is 1. The zero-order valence-electron chi connectivity index (χ0n) is 14.2. The van der Waals surface area contributed by atoms with Crippen molar-refractivity contribution in [2.75, 3.05) is 0 Å². The lowest BCUT2D eigenvalue weighted by Gasteiger charge is -2.11. The largest absolute Gasteiger partial charge is 0.478 e. The Labute approximate surface area is 166 Å². The summed E-state index contributed by atoms with van der Waals surface area (Å²) >= 11 is 3.13. The molecular formula is C19H13BrF2N2O4. The Kier molecular flexibility index (Phi) is 5.84. The lowest BCUT2D eigenvalue weighted by Crippen LogP contribution is -2.22. The molecule has 0 radical (unpaired) electrons. The molecule has 1 aromatic heterocycles. The van der Waals surface area contributed by atoms with Gasteiger partial charge in [-0.05, 0) is 45.8 Å².